The van der Waals surface area contributed by atoms with Gasteiger partial charge in [0.1, 0.15) is 0 Å². The monoisotopic (exact) mass is 257 g/mol. The van der Waals surface area contributed by atoms with Gasteiger partial charge in [0.05, 0.1) is 13.1 Å². The molecule has 18 heavy (non-hydrogen) atoms. The minimum absolute atomic E-state index is 0.0364. The number of morpholine rings is 1. The Labute approximate surface area is 104 Å². The van der Waals surface area contributed by atoms with E-state index in [-0.39, 0.29) is 25.9 Å². The number of cyclic esters (lactones) is 2. The molecule has 7 heteroatoms. The van der Waals surface area contributed by atoms with Gasteiger partial charge in [-0.25, -0.2) is 0 Å². The molecule has 1 saturated heterocycles. The molecule has 0 N–H and O–H groups in total. The quantitative estimate of drug-likeness (QED) is 0.490. The highest BCUT2D eigenvalue weighted by molar-refractivity contribution is 5.90. The SMILES string of the molecule is CCC(=O)OC(=O)CCCN1CC(=O)OC(=O)C1. The van der Waals surface area contributed by atoms with E-state index in [2.05, 4.69) is 9.47 Å². The molecule has 1 aliphatic rings. The average Bonchev–Trinajstić information content (AvgIpc) is 2.27. The maximum absolute atomic E-state index is 11.2. The fraction of sp³-hybridized carbons (Fsp3) is 0.636. The zero-order valence-corrected chi connectivity index (χ0v) is 10.1. The van der Waals surface area contributed by atoms with E-state index < -0.39 is 23.9 Å². The third-order valence-electron chi connectivity index (χ3n) is 2.30. The van der Waals surface area contributed by atoms with Crippen LogP contribution in [0.2, 0.25) is 0 Å². The van der Waals surface area contributed by atoms with Crippen LogP contribution in [0, 0.1) is 0 Å². The van der Waals surface area contributed by atoms with Crippen LogP contribution in [0.4, 0.5) is 0 Å². The van der Waals surface area contributed by atoms with Gasteiger partial charge in [-0.15, -0.1) is 0 Å². The number of nitrogens with zero attached hydrogens (tertiary/aromatic N) is 1. The number of hydrogen-bond acceptors (Lipinski definition) is 7. The molecule has 7 nitrogen and oxygen atoms in total. The molecule has 0 unspecified atom stereocenters. The molecule has 0 bridgehead atoms. The Bertz CT molecular complexity index is 349. The molecule has 0 aromatic heterocycles. The molecule has 0 amide bonds. The summed E-state index contributed by atoms with van der Waals surface area (Å²) in [6.45, 7) is 2.07. The van der Waals surface area contributed by atoms with E-state index in [9.17, 15) is 19.2 Å². The largest absolute Gasteiger partial charge is 0.393 e. The molecule has 1 rings (SSSR count). The third kappa shape index (κ3) is 5.05. The van der Waals surface area contributed by atoms with Gasteiger partial charge in [-0.05, 0) is 13.0 Å². The highest BCUT2D eigenvalue weighted by Gasteiger charge is 2.24. The molecule has 0 atom stereocenters. The topological polar surface area (TPSA) is 90.0 Å². The van der Waals surface area contributed by atoms with Crippen molar-refractivity contribution in [1.29, 1.82) is 0 Å². The lowest BCUT2D eigenvalue weighted by Crippen LogP contribution is -2.43. The van der Waals surface area contributed by atoms with E-state index in [0.717, 1.165) is 0 Å². The molecule has 0 aromatic rings. The van der Waals surface area contributed by atoms with Gasteiger partial charge in [-0.1, -0.05) is 6.92 Å². The van der Waals surface area contributed by atoms with Crippen molar-refractivity contribution in [3.63, 3.8) is 0 Å². The van der Waals surface area contributed by atoms with Crippen LogP contribution in [0.25, 0.3) is 0 Å². The first-order valence-electron chi connectivity index (χ1n) is 5.70. The van der Waals surface area contributed by atoms with Crippen molar-refractivity contribution in [1.82, 2.24) is 4.90 Å². The van der Waals surface area contributed by atoms with Gasteiger partial charge in [0.15, 0.2) is 0 Å². The van der Waals surface area contributed by atoms with E-state index in [0.29, 0.717) is 13.0 Å². The van der Waals surface area contributed by atoms with Crippen LogP contribution in [0.15, 0.2) is 0 Å². The van der Waals surface area contributed by atoms with Crippen LogP contribution in [0.3, 0.4) is 0 Å². The molecule has 1 aliphatic heterocycles. The second-order valence-electron chi connectivity index (χ2n) is 3.86. The Balaban J connectivity index is 2.21. The second kappa shape index (κ2) is 6.85. The van der Waals surface area contributed by atoms with Crippen LogP contribution in [-0.2, 0) is 28.7 Å². The number of carbonyl (C=O) groups excluding carboxylic acids is 4. The lowest BCUT2D eigenvalue weighted by molar-refractivity contribution is -0.166. The van der Waals surface area contributed by atoms with Crippen molar-refractivity contribution in [2.45, 2.75) is 26.2 Å². The Morgan fingerprint density at radius 3 is 2.39 bits per heavy atom. The Hall–Kier alpha value is -1.76. The summed E-state index contributed by atoms with van der Waals surface area (Å²) in [5.41, 5.74) is 0. The van der Waals surface area contributed by atoms with Gasteiger partial charge in [-0.3, -0.25) is 24.1 Å². The van der Waals surface area contributed by atoms with Crippen molar-refractivity contribution in [3.8, 4) is 0 Å². The van der Waals surface area contributed by atoms with E-state index in [1.54, 1.807) is 11.8 Å². The van der Waals surface area contributed by atoms with Gasteiger partial charge in [0.25, 0.3) is 0 Å². The van der Waals surface area contributed by atoms with Crippen LogP contribution in [0.1, 0.15) is 26.2 Å². The zero-order chi connectivity index (χ0) is 13.5. The summed E-state index contributed by atoms with van der Waals surface area (Å²) >= 11 is 0. The lowest BCUT2D eigenvalue weighted by atomic mass is 10.2. The normalized spacial score (nSPS) is 16.3. The van der Waals surface area contributed by atoms with Crippen molar-refractivity contribution < 1.29 is 28.7 Å². The number of hydrogen-bond donors (Lipinski definition) is 0. The minimum Gasteiger partial charge on any atom is -0.393 e. The summed E-state index contributed by atoms with van der Waals surface area (Å²) in [7, 11) is 0. The summed E-state index contributed by atoms with van der Waals surface area (Å²) in [6.07, 6.45) is 0.639. The van der Waals surface area contributed by atoms with E-state index in [1.807, 2.05) is 0 Å². The molecule has 0 radical (unpaired) electrons. The van der Waals surface area contributed by atoms with Crippen LogP contribution in [-0.4, -0.2) is 48.4 Å². The van der Waals surface area contributed by atoms with Gasteiger partial charge >= 0.3 is 23.9 Å². The fourth-order valence-corrected chi connectivity index (χ4v) is 1.47. The average molecular weight is 257 g/mol. The van der Waals surface area contributed by atoms with E-state index in [1.165, 1.54) is 0 Å². The van der Waals surface area contributed by atoms with Crippen LogP contribution >= 0.6 is 0 Å². The first-order chi connectivity index (χ1) is 8.51. The smallest absolute Gasteiger partial charge is 0.327 e. The Kier molecular flexibility index (Phi) is 5.44. The van der Waals surface area contributed by atoms with Gasteiger partial charge in [0.2, 0.25) is 0 Å². The van der Waals surface area contributed by atoms with Gasteiger partial charge in [-0.2, -0.15) is 0 Å². The predicted octanol–water partition coefficient (Wildman–Crippen LogP) is -0.368. The molecule has 1 fully saturated rings. The van der Waals surface area contributed by atoms with Crippen molar-refractivity contribution in [3.05, 3.63) is 0 Å². The lowest BCUT2D eigenvalue weighted by Gasteiger charge is -2.23. The van der Waals surface area contributed by atoms with Crippen molar-refractivity contribution in [2.24, 2.45) is 0 Å². The second-order valence-corrected chi connectivity index (χ2v) is 3.86. The summed E-state index contributed by atoms with van der Waals surface area (Å²) in [6, 6.07) is 0. The predicted molar refractivity (Wildman–Crippen MR) is 58.2 cm³/mol. The first-order valence-corrected chi connectivity index (χ1v) is 5.70. The molecule has 100 valence electrons. The standard InChI is InChI=1S/C11H15NO6/c1-2-8(13)17-9(14)4-3-5-12-6-10(15)18-11(16)7-12/h2-7H2,1H3. The number of esters is 4. The van der Waals surface area contributed by atoms with Gasteiger partial charge < -0.3 is 9.47 Å². The number of ether oxygens (including phenoxy) is 2. The minimum atomic E-state index is -0.590. The van der Waals surface area contributed by atoms with E-state index in [4.69, 9.17) is 0 Å². The summed E-state index contributed by atoms with van der Waals surface area (Å²) in [5.74, 6) is -2.32. The molecule has 0 aliphatic carbocycles. The number of carbonyl (C=O) groups is 4. The Morgan fingerprint density at radius 2 is 1.83 bits per heavy atom. The summed E-state index contributed by atoms with van der Waals surface area (Å²) < 4.78 is 8.83. The molecular weight excluding hydrogens is 242 g/mol. The molecule has 0 spiro atoms. The molecule has 0 saturated carbocycles. The first kappa shape index (κ1) is 14.3. The maximum Gasteiger partial charge on any atom is 0.327 e. The molecule has 1 heterocycles. The van der Waals surface area contributed by atoms with Crippen LogP contribution < -0.4 is 0 Å². The summed E-state index contributed by atoms with van der Waals surface area (Å²) in [4.78, 5) is 45.5. The maximum atomic E-state index is 11.2. The summed E-state index contributed by atoms with van der Waals surface area (Å²) in [5, 5.41) is 0. The van der Waals surface area contributed by atoms with Gasteiger partial charge in [0, 0.05) is 12.8 Å². The van der Waals surface area contributed by atoms with Crippen molar-refractivity contribution in [2.75, 3.05) is 19.6 Å². The zero-order valence-electron chi connectivity index (χ0n) is 10.1. The molecular formula is C11H15NO6. The Morgan fingerprint density at radius 1 is 1.22 bits per heavy atom. The number of rotatable bonds is 5. The van der Waals surface area contributed by atoms with Crippen LogP contribution in [0.5, 0.6) is 0 Å². The highest BCUT2D eigenvalue weighted by atomic mass is 16.6. The fourth-order valence-electron chi connectivity index (χ4n) is 1.47. The molecule has 0 aromatic carbocycles. The van der Waals surface area contributed by atoms with Crippen molar-refractivity contribution >= 4 is 23.9 Å². The van der Waals surface area contributed by atoms with E-state index >= 15 is 0 Å². The highest BCUT2D eigenvalue weighted by Crippen LogP contribution is 2.03. The third-order valence-corrected chi connectivity index (χ3v) is 2.30.